The maximum atomic E-state index is 13.0. The summed E-state index contributed by atoms with van der Waals surface area (Å²) in [5, 5.41) is 0.558. The molecule has 0 radical (unpaired) electrons. The van der Waals surface area contributed by atoms with Crippen LogP contribution in [0.15, 0.2) is 47.5 Å². The highest BCUT2D eigenvalue weighted by Crippen LogP contribution is 2.35. The van der Waals surface area contributed by atoms with Crippen LogP contribution < -0.4 is 4.90 Å². The molecule has 0 N–H and O–H groups in total. The van der Waals surface area contributed by atoms with Crippen LogP contribution in [0.2, 0.25) is 5.02 Å². The summed E-state index contributed by atoms with van der Waals surface area (Å²) in [6, 6.07) is 8.77. The average molecular weight is 442 g/mol. The molecule has 1 amide bonds. The van der Waals surface area contributed by atoms with Gasteiger partial charge in [-0.2, -0.15) is 8.78 Å². The molecular weight excluding hydrogens is 424 g/mol. The molecule has 0 saturated carbocycles. The molecule has 0 spiro atoms. The number of sulfone groups is 1. The van der Waals surface area contributed by atoms with Gasteiger partial charge >= 0.3 is 5.76 Å². The van der Waals surface area contributed by atoms with Gasteiger partial charge in [0, 0.05) is 44.2 Å². The number of carbonyl (C=O) groups is 1. The van der Waals surface area contributed by atoms with Gasteiger partial charge in [-0.15, -0.1) is 0 Å². The number of fused-ring (bicyclic) bond motifs is 1. The molecule has 2 aromatic rings. The van der Waals surface area contributed by atoms with Crippen molar-refractivity contribution in [1.29, 1.82) is 0 Å². The summed E-state index contributed by atoms with van der Waals surface area (Å²) in [5.41, 5.74) is -0.205. The standard InChI is InChI=1S/C19H18ClF2N3O3S/c20-14-5-6-17(23-7-14)24-8-12-10-25(11-13(12)9-24)18(26)15-3-1-2-4-16(15)29(27,28)19(21)22/h1-7,12-13,19H,8-11H2. The highest BCUT2D eigenvalue weighted by molar-refractivity contribution is 7.91. The van der Waals surface area contributed by atoms with Crippen LogP contribution in [0.1, 0.15) is 10.4 Å². The van der Waals surface area contributed by atoms with Gasteiger partial charge in [-0.1, -0.05) is 23.7 Å². The molecule has 10 heteroatoms. The number of likely N-dealkylation sites (tertiary alicyclic amines) is 1. The van der Waals surface area contributed by atoms with E-state index in [2.05, 4.69) is 9.88 Å². The van der Waals surface area contributed by atoms with E-state index in [1.54, 1.807) is 17.2 Å². The van der Waals surface area contributed by atoms with E-state index in [-0.39, 0.29) is 17.4 Å². The van der Waals surface area contributed by atoms with E-state index in [1.165, 1.54) is 18.2 Å². The number of hydrogen-bond acceptors (Lipinski definition) is 5. The van der Waals surface area contributed by atoms with Gasteiger partial charge in [0.1, 0.15) is 5.82 Å². The maximum Gasteiger partial charge on any atom is 0.341 e. The highest BCUT2D eigenvalue weighted by atomic mass is 35.5. The first-order chi connectivity index (χ1) is 13.8. The molecule has 2 aliphatic heterocycles. The van der Waals surface area contributed by atoms with Gasteiger partial charge in [0.15, 0.2) is 0 Å². The molecule has 6 nitrogen and oxygen atoms in total. The topological polar surface area (TPSA) is 70.6 Å². The Morgan fingerprint density at radius 3 is 2.31 bits per heavy atom. The van der Waals surface area contributed by atoms with Crippen LogP contribution >= 0.6 is 11.6 Å². The molecule has 2 fully saturated rings. The minimum absolute atomic E-state index is 0.204. The molecule has 154 valence electrons. The Kier molecular flexibility index (Phi) is 5.20. The monoisotopic (exact) mass is 441 g/mol. The van der Waals surface area contributed by atoms with Crippen molar-refractivity contribution < 1.29 is 22.0 Å². The number of amides is 1. The number of pyridine rings is 1. The van der Waals surface area contributed by atoms with Crippen LogP contribution in [0.5, 0.6) is 0 Å². The minimum atomic E-state index is -4.86. The predicted molar refractivity (Wildman–Crippen MR) is 104 cm³/mol. The van der Waals surface area contributed by atoms with E-state index >= 15 is 0 Å². The molecule has 4 rings (SSSR count). The van der Waals surface area contributed by atoms with Crippen LogP contribution in [0.3, 0.4) is 0 Å². The first-order valence-electron chi connectivity index (χ1n) is 9.04. The molecule has 1 aromatic carbocycles. The number of nitrogens with zero attached hydrogens (tertiary/aromatic N) is 3. The van der Waals surface area contributed by atoms with Crippen molar-refractivity contribution in [1.82, 2.24) is 9.88 Å². The second-order valence-electron chi connectivity index (χ2n) is 7.27. The Labute approximate surface area is 172 Å². The van der Waals surface area contributed by atoms with Gasteiger partial charge < -0.3 is 9.80 Å². The summed E-state index contributed by atoms with van der Waals surface area (Å²) in [6.07, 6.45) is 1.58. The molecule has 3 heterocycles. The van der Waals surface area contributed by atoms with Crippen molar-refractivity contribution in [3.8, 4) is 0 Å². The van der Waals surface area contributed by atoms with Crippen LogP contribution in [0.4, 0.5) is 14.6 Å². The van der Waals surface area contributed by atoms with Gasteiger partial charge in [0.2, 0.25) is 9.84 Å². The zero-order valence-corrected chi connectivity index (χ0v) is 16.8. The van der Waals surface area contributed by atoms with Crippen LogP contribution in [-0.4, -0.2) is 56.1 Å². The second-order valence-corrected chi connectivity index (χ2v) is 9.59. The van der Waals surface area contributed by atoms with E-state index in [9.17, 15) is 22.0 Å². The summed E-state index contributed by atoms with van der Waals surface area (Å²) in [5.74, 6) is -2.88. The lowest BCUT2D eigenvalue weighted by Gasteiger charge is -2.23. The SMILES string of the molecule is O=C(c1ccccc1S(=O)(=O)C(F)F)N1CC2CN(c3ccc(Cl)cn3)CC2C1. The number of rotatable bonds is 4. The quantitative estimate of drug-likeness (QED) is 0.729. The van der Waals surface area contributed by atoms with Gasteiger partial charge in [0.25, 0.3) is 5.91 Å². The Bertz CT molecular complexity index is 1020. The fourth-order valence-corrected chi connectivity index (χ4v) is 5.09. The predicted octanol–water partition coefficient (Wildman–Crippen LogP) is 2.94. The number of aromatic nitrogens is 1. The van der Waals surface area contributed by atoms with E-state index in [0.29, 0.717) is 31.2 Å². The summed E-state index contributed by atoms with van der Waals surface area (Å²) in [6.45, 7) is 2.30. The summed E-state index contributed by atoms with van der Waals surface area (Å²) in [7, 11) is -4.86. The van der Waals surface area contributed by atoms with E-state index in [4.69, 9.17) is 11.6 Å². The van der Waals surface area contributed by atoms with E-state index in [1.807, 2.05) is 6.07 Å². The van der Waals surface area contributed by atoms with Crippen LogP contribution in [-0.2, 0) is 9.84 Å². The number of alkyl halides is 2. The Morgan fingerprint density at radius 2 is 1.72 bits per heavy atom. The van der Waals surface area contributed by atoms with Crippen molar-refractivity contribution in [3.63, 3.8) is 0 Å². The van der Waals surface area contributed by atoms with Gasteiger partial charge in [-0.05, 0) is 24.3 Å². The van der Waals surface area contributed by atoms with Crippen molar-refractivity contribution in [2.24, 2.45) is 11.8 Å². The van der Waals surface area contributed by atoms with Crippen molar-refractivity contribution in [3.05, 3.63) is 53.2 Å². The third-order valence-electron chi connectivity index (χ3n) is 5.47. The number of halogens is 3. The minimum Gasteiger partial charge on any atom is -0.356 e. The molecule has 2 saturated heterocycles. The molecule has 0 aliphatic carbocycles. The summed E-state index contributed by atoms with van der Waals surface area (Å²) >= 11 is 5.88. The lowest BCUT2D eigenvalue weighted by Crippen LogP contribution is -2.34. The van der Waals surface area contributed by atoms with Crippen molar-refractivity contribution in [2.45, 2.75) is 10.7 Å². The smallest absolute Gasteiger partial charge is 0.341 e. The van der Waals surface area contributed by atoms with Crippen molar-refractivity contribution in [2.75, 3.05) is 31.1 Å². The normalized spacial score (nSPS) is 21.7. The highest BCUT2D eigenvalue weighted by Gasteiger charge is 2.43. The Hall–Kier alpha value is -2.26. The van der Waals surface area contributed by atoms with Gasteiger partial charge in [-0.3, -0.25) is 4.79 Å². The number of carbonyl (C=O) groups excluding carboxylic acids is 1. The second kappa shape index (κ2) is 7.53. The molecular formula is C19H18ClF2N3O3S. The van der Waals surface area contributed by atoms with E-state index < -0.39 is 26.4 Å². The van der Waals surface area contributed by atoms with Crippen LogP contribution in [0.25, 0.3) is 0 Å². The van der Waals surface area contributed by atoms with Gasteiger partial charge in [-0.25, -0.2) is 13.4 Å². The summed E-state index contributed by atoms with van der Waals surface area (Å²) < 4.78 is 49.9. The third-order valence-corrected chi connectivity index (χ3v) is 7.13. The Balaban J connectivity index is 1.50. The van der Waals surface area contributed by atoms with Crippen LogP contribution in [0, 0.1) is 11.8 Å². The fourth-order valence-electron chi connectivity index (χ4n) is 4.06. The first kappa shape index (κ1) is 20.0. The molecule has 2 unspecified atom stereocenters. The summed E-state index contributed by atoms with van der Waals surface area (Å²) in [4.78, 5) is 20.3. The molecule has 2 atom stereocenters. The lowest BCUT2D eigenvalue weighted by molar-refractivity contribution is 0.0778. The van der Waals surface area contributed by atoms with Gasteiger partial charge in [0.05, 0.1) is 15.5 Å². The lowest BCUT2D eigenvalue weighted by atomic mass is 10.0. The fraction of sp³-hybridized carbons (Fsp3) is 0.368. The molecule has 2 aliphatic rings. The Morgan fingerprint density at radius 1 is 1.07 bits per heavy atom. The number of hydrogen-bond donors (Lipinski definition) is 0. The molecule has 1 aromatic heterocycles. The maximum absolute atomic E-state index is 13.0. The third kappa shape index (κ3) is 3.69. The zero-order chi connectivity index (χ0) is 20.8. The molecule has 29 heavy (non-hydrogen) atoms. The number of benzene rings is 1. The van der Waals surface area contributed by atoms with Crippen molar-refractivity contribution >= 4 is 33.2 Å². The zero-order valence-electron chi connectivity index (χ0n) is 15.2. The first-order valence-corrected chi connectivity index (χ1v) is 11.0. The number of anilines is 1. The largest absolute Gasteiger partial charge is 0.356 e. The molecule has 0 bridgehead atoms. The van der Waals surface area contributed by atoms with E-state index in [0.717, 1.165) is 11.9 Å². The average Bonchev–Trinajstić information content (AvgIpc) is 3.27.